The first-order chi connectivity index (χ1) is 13.5. The first-order valence-corrected chi connectivity index (χ1v) is 13.1. The predicted octanol–water partition coefficient (Wildman–Crippen LogP) is 3.97. The number of alkyl carbamates (subject to hydrolysis) is 1. The molecule has 0 bridgehead atoms. The molecular weight excluding hydrogens is 382 g/mol. The van der Waals surface area contributed by atoms with Gasteiger partial charge in [-0.05, 0) is 32.2 Å². The van der Waals surface area contributed by atoms with Gasteiger partial charge in [0.25, 0.3) is 0 Å². The molecule has 1 aromatic carbocycles. The van der Waals surface area contributed by atoms with Gasteiger partial charge in [0.15, 0.2) is 0 Å². The van der Waals surface area contributed by atoms with E-state index in [4.69, 9.17) is 4.74 Å². The average Bonchev–Trinajstić information content (AvgIpc) is 2.60. The monoisotopic (exact) mass is 411 g/mol. The minimum Gasteiger partial charge on any atom is -0.444 e. The number of hydrogen-bond donors (Lipinski definition) is 2. The number of rotatable bonds is 5. The van der Waals surface area contributed by atoms with Crippen LogP contribution in [0.5, 0.6) is 0 Å². The highest BCUT2D eigenvalue weighted by atomic mass is 28.3. The highest BCUT2D eigenvalue weighted by molar-refractivity contribution is 6.83. The number of carbonyl (C=O) groups is 2. The molecular formula is C22H29N3O3Si. The van der Waals surface area contributed by atoms with Crippen LogP contribution in [-0.2, 0) is 9.53 Å². The van der Waals surface area contributed by atoms with Crippen molar-refractivity contribution in [3.8, 4) is 11.5 Å². The lowest BCUT2D eigenvalue weighted by Gasteiger charge is -2.21. The number of amides is 1. The molecule has 7 heteroatoms. The molecule has 1 amide bonds. The van der Waals surface area contributed by atoms with Crippen LogP contribution in [-0.4, -0.2) is 43.6 Å². The SMILES string of the molecule is CC(C)(C)OC(=O)NC(C=O)CNc1cc2ccccc2c(C#C[Si](C)(C)C)n1. The molecule has 2 aromatic rings. The predicted molar refractivity (Wildman–Crippen MR) is 120 cm³/mol. The smallest absolute Gasteiger partial charge is 0.408 e. The zero-order chi connectivity index (χ0) is 21.7. The maximum absolute atomic E-state index is 11.9. The largest absolute Gasteiger partial charge is 0.444 e. The molecule has 0 aliphatic rings. The van der Waals surface area contributed by atoms with Gasteiger partial charge in [-0.3, -0.25) is 0 Å². The Morgan fingerprint density at radius 2 is 1.97 bits per heavy atom. The number of nitrogens with one attached hydrogen (secondary N) is 2. The van der Waals surface area contributed by atoms with Gasteiger partial charge in [-0.15, -0.1) is 5.54 Å². The summed E-state index contributed by atoms with van der Waals surface area (Å²) in [6.45, 7) is 12.0. The van der Waals surface area contributed by atoms with Gasteiger partial charge in [0, 0.05) is 11.9 Å². The van der Waals surface area contributed by atoms with Crippen LogP contribution in [0.4, 0.5) is 10.6 Å². The lowest BCUT2D eigenvalue weighted by molar-refractivity contribution is -0.109. The van der Waals surface area contributed by atoms with Crippen LogP contribution >= 0.6 is 0 Å². The summed E-state index contributed by atoms with van der Waals surface area (Å²) in [5.74, 6) is 3.83. The number of aldehydes is 1. The Morgan fingerprint density at radius 1 is 1.28 bits per heavy atom. The summed E-state index contributed by atoms with van der Waals surface area (Å²) in [4.78, 5) is 27.9. The number of fused-ring (bicyclic) bond motifs is 1. The zero-order valence-corrected chi connectivity index (χ0v) is 18.9. The Kier molecular flexibility index (Phi) is 7.04. The molecule has 1 aromatic heterocycles. The van der Waals surface area contributed by atoms with E-state index < -0.39 is 25.8 Å². The lowest BCUT2D eigenvalue weighted by Crippen LogP contribution is -2.43. The number of benzene rings is 1. The quantitative estimate of drug-likeness (QED) is 0.442. The van der Waals surface area contributed by atoms with Crippen molar-refractivity contribution < 1.29 is 14.3 Å². The van der Waals surface area contributed by atoms with E-state index in [0.29, 0.717) is 17.8 Å². The zero-order valence-electron chi connectivity index (χ0n) is 17.9. The van der Waals surface area contributed by atoms with Gasteiger partial charge < -0.3 is 20.2 Å². The molecule has 29 heavy (non-hydrogen) atoms. The molecule has 2 N–H and O–H groups in total. The maximum Gasteiger partial charge on any atom is 0.408 e. The van der Waals surface area contributed by atoms with E-state index in [2.05, 4.69) is 46.7 Å². The Bertz CT molecular complexity index is 950. The van der Waals surface area contributed by atoms with Crippen LogP contribution < -0.4 is 10.6 Å². The van der Waals surface area contributed by atoms with Crippen LogP contribution in [0.2, 0.25) is 19.6 Å². The summed E-state index contributed by atoms with van der Waals surface area (Å²) in [5.41, 5.74) is 3.42. The third kappa shape index (κ3) is 7.58. The Morgan fingerprint density at radius 3 is 2.59 bits per heavy atom. The normalized spacial score (nSPS) is 12.5. The minimum atomic E-state index is -1.55. The molecule has 1 unspecified atom stereocenters. The fourth-order valence-electron chi connectivity index (χ4n) is 2.44. The Balaban J connectivity index is 2.19. The summed E-state index contributed by atoms with van der Waals surface area (Å²) < 4.78 is 5.20. The lowest BCUT2D eigenvalue weighted by atomic mass is 10.1. The van der Waals surface area contributed by atoms with Crippen molar-refractivity contribution in [2.24, 2.45) is 0 Å². The molecule has 1 atom stereocenters. The highest BCUT2D eigenvalue weighted by Crippen LogP contribution is 2.20. The van der Waals surface area contributed by atoms with Gasteiger partial charge in [0.2, 0.25) is 0 Å². The second kappa shape index (κ2) is 9.10. The summed E-state index contributed by atoms with van der Waals surface area (Å²) in [6, 6.07) is 9.08. The van der Waals surface area contributed by atoms with Crippen molar-refractivity contribution in [2.45, 2.75) is 52.1 Å². The second-order valence-corrected chi connectivity index (χ2v) is 13.6. The molecule has 0 fully saturated rings. The van der Waals surface area contributed by atoms with Crippen molar-refractivity contribution in [1.29, 1.82) is 0 Å². The molecule has 1 heterocycles. The average molecular weight is 412 g/mol. The van der Waals surface area contributed by atoms with Crippen LogP contribution in [0.15, 0.2) is 30.3 Å². The maximum atomic E-state index is 11.9. The molecule has 0 spiro atoms. The number of carbonyl (C=O) groups excluding carboxylic acids is 2. The number of nitrogens with zero attached hydrogens (tertiary/aromatic N) is 1. The molecule has 6 nitrogen and oxygen atoms in total. The van der Waals surface area contributed by atoms with Gasteiger partial charge in [0.05, 0.1) is 0 Å². The molecule has 0 saturated heterocycles. The summed E-state index contributed by atoms with van der Waals surface area (Å²) in [6.07, 6.45) is 0.0359. The van der Waals surface area contributed by atoms with Crippen LogP contribution in [0.1, 0.15) is 26.5 Å². The van der Waals surface area contributed by atoms with E-state index in [1.165, 1.54) is 0 Å². The summed E-state index contributed by atoms with van der Waals surface area (Å²) >= 11 is 0. The minimum absolute atomic E-state index is 0.189. The number of ether oxygens (including phenoxy) is 1. The highest BCUT2D eigenvalue weighted by Gasteiger charge is 2.19. The van der Waals surface area contributed by atoms with Crippen molar-refractivity contribution in [1.82, 2.24) is 10.3 Å². The molecule has 0 aliphatic carbocycles. The van der Waals surface area contributed by atoms with Crippen molar-refractivity contribution in [3.05, 3.63) is 36.0 Å². The number of hydrogen-bond acceptors (Lipinski definition) is 5. The van der Waals surface area contributed by atoms with Gasteiger partial charge in [-0.2, -0.15) is 0 Å². The third-order valence-electron chi connectivity index (χ3n) is 3.67. The molecule has 0 saturated carbocycles. The standard InChI is InChI=1S/C22H29N3O3Si/c1-22(2,3)28-21(27)24-17(15-26)14-23-20-13-16-9-7-8-10-18(16)19(25-20)11-12-29(4,5)6/h7-10,13,15,17H,14H2,1-6H3,(H,23,25)(H,24,27). The first kappa shape index (κ1) is 22.4. The van der Waals surface area contributed by atoms with E-state index in [-0.39, 0.29) is 6.54 Å². The fraction of sp³-hybridized carbons (Fsp3) is 0.409. The number of anilines is 1. The molecule has 154 valence electrons. The van der Waals surface area contributed by atoms with Gasteiger partial charge in [-0.1, -0.05) is 49.8 Å². The second-order valence-electron chi connectivity index (χ2n) is 8.85. The molecule has 0 aliphatic heterocycles. The van der Waals surface area contributed by atoms with E-state index in [9.17, 15) is 9.59 Å². The van der Waals surface area contributed by atoms with Crippen LogP contribution in [0.3, 0.4) is 0 Å². The van der Waals surface area contributed by atoms with Gasteiger partial charge >= 0.3 is 6.09 Å². The number of pyridine rings is 1. The van der Waals surface area contributed by atoms with E-state index in [0.717, 1.165) is 10.8 Å². The topological polar surface area (TPSA) is 80.3 Å². The van der Waals surface area contributed by atoms with E-state index >= 15 is 0 Å². The van der Waals surface area contributed by atoms with Crippen LogP contribution in [0.25, 0.3) is 10.8 Å². The van der Waals surface area contributed by atoms with Gasteiger partial charge in [0.1, 0.15) is 37.5 Å². The summed E-state index contributed by atoms with van der Waals surface area (Å²) in [7, 11) is -1.55. The number of aromatic nitrogens is 1. The third-order valence-corrected chi connectivity index (χ3v) is 4.54. The fourth-order valence-corrected chi connectivity index (χ4v) is 2.93. The van der Waals surface area contributed by atoms with E-state index in [1.54, 1.807) is 20.8 Å². The van der Waals surface area contributed by atoms with Crippen molar-refractivity contribution in [2.75, 3.05) is 11.9 Å². The first-order valence-electron chi connectivity index (χ1n) is 9.58. The summed E-state index contributed by atoms with van der Waals surface area (Å²) in [5, 5.41) is 7.67. The molecule has 2 rings (SSSR count). The van der Waals surface area contributed by atoms with Crippen molar-refractivity contribution >= 4 is 37.0 Å². The van der Waals surface area contributed by atoms with E-state index in [1.807, 2.05) is 30.3 Å². The Labute approximate surface area is 173 Å². The van der Waals surface area contributed by atoms with Crippen LogP contribution in [0, 0.1) is 11.5 Å². The molecule has 0 radical (unpaired) electrons. The van der Waals surface area contributed by atoms with Crippen molar-refractivity contribution in [3.63, 3.8) is 0 Å². The Hall–Kier alpha value is -2.85. The van der Waals surface area contributed by atoms with Gasteiger partial charge in [-0.25, -0.2) is 9.78 Å².